The lowest BCUT2D eigenvalue weighted by Crippen LogP contribution is -2.03. The number of halogens is 1. The molecule has 144 valence electrons. The van der Waals surface area contributed by atoms with Crippen LogP contribution in [0.5, 0.6) is 0 Å². The standard InChI is InChI=1S/C24H19FN2OS/c1-29(28)15-19-3-2-4-21-22(14-27-24(19)21)23(18-9-11-20(25)12-10-18)17-7-5-16(13-26)6-8-17/h2-12,14,23,27H,15H2,1H3. The number of nitrogens with one attached hydrogen (secondary N) is 1. The van der Waals surface area contributed by atoms with Crippen molar-refractivity contribution in [2.24, 2.45) is 0 Å². The lowest BCUT2D eigenvalue weighted by atomic mass is 9.84. The first-order valence-electron chi connectivity index (χ1n) is 9.21. The summed E-state index contributed by atoms with van der Waals surface area (Å²) in [5, 5.41) is 10.2. The van der Waals surface area contributed by atoms with Gasteiger partial charge in [0, 0.05) is 40.1 Å². The normalized spacial score (nSPS) is 13.1. The number of rotatable bonds is 5. The second-order valence-corrected chi connectivity index (χ2v) is 8.45. The van der Waals surface area contributed by atoms with E-state index in [1.807, 2.05) is 36.5 Å². The molecule has 0 aliphatic heterocycles. The fourth-order valence-electron chi connectivity index (χ4n) is 3.77. The number of hydrogen-bond donors (Lipinski definition) is 1. The summed E-state index contributed by atoms with van der Waals surface area (Å²) in [4.78, 5) is 3.36. The number of aromatic nitrogens is 1. The van der Waals surface area contributed by atoms with Crippen LogP contribution in [0.1, 0.15) is 33.7 Å². The number of aromatic amines is 1. The summed E-state index contributed by atoms with van der Waals surface area (Å²) in [6.07, 6.45) is 3.67. The molecule has 1 N–H and O–H groups in total. The van der Waals surface area contributed by atoms with E-state index in [1.165, 1.54) is 12.1 Å². The molecule has 1 heterocycles. The molecule has 0 aliphatic rings. The maximum atomic E-state index is 13.6. The highest BCUT2D eigenvalue weighted by atomic mass is 32.2. The quantitative estimate of drug-likeness (QED) is 0.496. The highest BCUT2D eigenvalue weighted by molar-refractivity contribution is 7.83. The molecule has 0 fully saturated rings. The molecule has 0 radical (unpaired) electrons. The molecule has 0 spiro atoms. The second-order valence-electron chi connectivity index (χ2n) is 7.02. The molecule has 0 saturated carbocycles. The lowest BCUT2D eigenvalue weighted by molar-refractivity contribution is 0.627. The van der Waals surface area contributed by atoms with Gasteiger partial charge in [0.05, 0.1) is 17.4 Å². The molecule has 0 bridgehead atoms. The van der Waals surface area contributed by atoms with Crippen LogP contribution < -0.4 is 0 Å². The average Bonchev–Trinajstić information content (AvgIpc) is 3.15. The summed E-state index contributed by atoms with van der Waals surface area (Å²) in [5.41, 5.74) is 5.60. The van der Waals surface area contributed by atoms with Gasteiger partial charge in [-0.05, 0) is 46.5 Å². The number of hydrogen-bond acceptors (Lipinski definition) is 2. The van der Waals surface area contributed by atoms with Crippen LogP contribution in [-0.2, 0) is 16.6 Å². The third kappa shape index (κ3) is 3.85. The van der Waals surface area contributed by atoms with Crippen molar-refractivity contribution < 1.29 is 8.60 Å². The Hall–Kier alpha value is -3.23. The first-order valence-corrected chi connectivity index (χ1v) is 10.9. The predicted octanol–water partition coefficient (Wildman–Crippen LogP) is 5.24. The molecule has 2 unspecified atom stereocenters. The molecule has 5 heteroatoms. The van der Waals surface area contributed by atoms with Gasteiger partial charge in [0.25, 0.3) is 0 Å². The Labute approximate surface area is 171 Å². The van der Waals surface area contributed by atoms with Crippen molar-refractivity contribution in [1.82, 2.24) is 4.98 Å². The fraction of sp³-hybridized carbons (Fsp3) is 0.125. The van der Waals surface area contributed by atoms with Gasteiger partial charge in [-0.1, -0.05) is 42.5 Å². The van der Waals surface area contributed by atoms with E-state index >= 15 is 0 Å². The number of nitrogens with zero attached hydrogens (tertiary/aromatic N) is 1. The summed E-state index contributed by atoms with van der Waals surface area (Å²) >= 11 is 0. The minimum Gasteiger partial charge on any atom is -0.361 e. The minimum absolute atomic E-state index is 0.125. The van der Waals surface area contributed by atoms with Crippen LogP contribution in [0.2, 0.25) is 0 Å². The zero-order valence-electron chi connectivity index (χ0n) is 15.9. The Morgan fingerprint density at radius 3 is 2.31 bits per heavy atom. The third-order valence-corrected chi connectivity index (χ3v) is 5.80. The topological polar surface area (TPSA) is 56.6 Å². The molecule has 0 amide bonds. The zero-order valence-corrected chi connectivity index (χ0v) is 16.7. The van der Waals surface area contributed by atoms with Crippen molar-refractivity contribution in [3.05, 3.63) is 107 Å². The molecule has 0 aliphatic carbocycles. The summed E-state index contributed by atoms with van der Waals surface area (Å²) in [6, 6.07) is 22.1. The number of H-pyrrole nitrogens is 1. The van der Waals surface area contributed by atoms with Crippen LogP contribution in [0.4, 0.5) is 4.39 Å². The lowest BCUT2D eigenvalue weighted by Gasteiger charge is -2.18. The van der Waals surface area contributed by atoms with Gasteiger partial charge in [0.1, 0.15) is 5.82 Å². The predicted molar refractivity (Wildman–Crippen MR) is 115 cm³/mol. The van der Waals surface area contributed by atoms with E-state index in [-0.39, 0.29) is 11.7 Å². The van der Waals surface area contributed by atoms with Gasteiger partial charge in [0.2, 0.25) is 0 Å². The molecular weight excluding hydrogens is 383 g/mol. The number of para-hydroxylation sites is 1. The van der Waals surface area contributed by atoms with E-state index in [4.69, 9.17) is 5.26 Å². The number of nitriles is 1. The number of fused-ring (bicyclic) bond motifs is 1. The van der Waals surface area contributed by atoms with Crippen LogP contribution in [0.3, 0.4) is 0 Å². The summed E-state index contributed by atoms with van der Waals surface area (Å²) in [6.45, 7) is 0. The van der Waals surface area contributed by atoms with Gasteiger partial charge in [-0.2, -0.15) is 5.26 Å². The second kappa shape index (κ2) is 8.02. The largest absolute Gasteiger partial charge is 0.361 e. The Bertz CT molecular complexity index is 1220. The monoisotopic (exact) mass is 402 g/mol. The highest BCUT2D eigenvalue weighted by Crippen LogP contribution is 2.37. The zero-order chi connectivity index (χ0) is 20.4. The third-order valence-electron chi connectivity index (χ3n) is 5.08. The Morgan fingerprint density at radius 2 is 1.69 bits per heavy atom. The van der Waals surface area contributed by atoms with Crippen LogP contribution in [-0.4, -0.2) is 15.4 Å². The van der Waals surface area contributed by atoms with Gasteiger partial charge in [0.15, 0.2) is 0 Å². The molecule has 2 atom stereocenters. The van der Waals surface area contributed by atoms with E-state index in [0.29, 0.717) is 11.3 Å². The summed E-state index contributed by atoms with van der Waals surface area (Å²) in [7, 11) is -0.945. The molecule has 3 aromatic carbocycles. The van der Waals surface area contributed by atoms with Crippen molar-refractivity contribution in [2.75, 3.05) is 6.26 Å². The maximum Gasteiger partial charge on any atom is 0.123 e. The van der Waals surface area contributed by atoms with Crippen LogP contribution in [0.15, 0.2) is 72.9 Å². The van der Waals surface area contributed by atoms with E-state index in [0.717, 1.165) is 33.2 Å². The Morgan fingerprint density at radius 1 is 1.03 bits per heavy atom. The van der Waals surface area contributed by atoms with Crippen LogP contribution in [0.25, 0.3) is 10.9 Å². The van der Waals surface area contributed by atoms with E-state index in [9.17, 15) is 8.60 Å². The highest BCUT2D eigenvalue weighted by Gasteiger charge is 2.21. The Kier molecular flexibility index (Phi) is 5.28. The Balaban J connectivity index is 1.90. The van der Waals surface area contributed by atoms with Crippen LogP contribution >= 0.6 is 0 Å². The summed E-state index contributed by atoms with van der Waals surface area (Å²) < 4.78 is 25.3. The van der Waals surface area contributed by atoms with Gasteiger partial charge in [-0.15, -0.1) is 0 Å². The summed E-state index contributed by atoms with van der Waals surface area (Å²) in [5.74, 6) is 0.0773. The molecule has 3 nitrogen and oxygen atoms in total. The molecule has 4 aromatic rings. The van der Waals surface area contributed by atoms with Gasteiger partial charge < -0.3 is 4.98 Å². The average molecular weight is 402 g/mol. The molecule has 0 saturated heterocycles. The SMILES string of the molecule is CS(=O)Cc1cccc2c(C(c3ccc(F)cc3)c3ccc(C#N)cc3)c[nH]c12. The van der Waals surface area contributed by atoms with Crippen LogP contribution in [0, 0.1) is 17.1 Å². The number of benzene rings is 3. The first-order chi connectivity index (χ1) is 14.1. The van der Waals surface area contributed by atoms with E-state index < -0.39 is 10.8 Å². The smallest absolute Gasteiger partial charge is 0.123 e. The van der Waals surface area contributed by atoms with Crippen molar-refractivity contribution in [2.45, 2.75) is 11.7 Å². The maximum absolute atomic E-state index is 13.6. The van der Waals surface area contributed by atoms with Crippen molar-refractivity contribution in [3.8, 4) is 6.07 Å². The van der Waals surface area contributed by atoms with E-state index in [2.05, 4.69) is 11.1 Å². The van der Waals surface area contributed by atoms with E-state index in [1.54, 1.807) is 30.5 Å². The van der Waals surface area contributed by atoms with Crippen molar-refractivity contribution in [1.29, 1.82) is 5.26 Å². The minimum atomic E-state index is -0.945. The van der Waals surface area contributed by atoms with Gasteiger partial charge in [-0.3, -0.25) is 4.21 Å². The fourth-order valence-corrected chi connectivity index (χ4v) is 4.45. The molecule has 29 heavy (non-hydrogen) atoms. The molecule has 4 rings (SSSR count). The first kappa shape index (κ1) is 19.1. The van der Waals surface area contributed by atoms with Crippen molar-refractivity contribution in [3.63, 3.8) is 0 Å². The van der Waals surface area contributed by atoms with Gasteiger partial charge >= 0.3 is 0 Å². The van der Waals surface area contributed by atoms with Crippen molar-refractivity contribution >= 4 is 21.7 Å². The van der Waals surface area contributed by atoms with Gasteiger partial charge in [-0.25, -0.2) is 4.39 Å². The molecular formula is C24H19FN2OS. The molecule has 1 aromatic heterocycles.